The molecule has 0 bridgehead atoms. The summed E-state index contributed by atoms with van der Waals surface area (Å²) in [6.07, 6.45) is -2.29. The van der Waals surface area contributed by atoms with Crippen molar-refractivity contribution in [3.63, 3.8) is 0 Å². The number of aryl methyl sites for hydroxylation is 1. The lowest BCUT2D eigenvalue weighted by Gasteiger charge is -2.16. The van der Waals surface area contributed by atoms with E-state index in [1.165, 1.54) is 12.1 Å². The zero-order chi connectivity index (χ0) is 25.5. The number of carbonyl (C=O) groups excluding carboxylic acids is 2. The molecule has 1 fully saturated rings. The topological polar surface area (TPSA) is 89.6 Å². The first-order valence-electron chi connectivity index (χ1n) is 11.6. The number of pyridine rings is 1. The Morgan fingerprint density at radius 3 is 2.56 bits per heavy atom. The average molecular weight is 494 g/mol. The molecule has 7 nitrogen and oxygen atoms in total. The van der Waals surface area contributed by atoms with E-state index in [1.54, 1.807) is 13.1 Å². The summed E-state index contributed by atoms with van der Waals surface area (Å²) in [6.45, 7) is 2.32. The van der Waals surface area contributed by atoms with Crippen LogP contribution < -0.4 is 20.1 Å². The Kier molecular flexibility index (Phi) is 5.86. The van der Waals surface area contributed by atoms with Gasteiger partial charge in [-0.25, -0.2) is 4.79 Å². The summed E-state index contributed by atoms with van der Waals surface area (Å²) >= 11 is 0. The number of ether oxygens (including phenoxy) is 2. The van der Waals surface area contributed by atoms with Crippen LogP contribution in [0.1, 0.15) is 35.2 Å². The summed E-state index contributed by atoms with van der Waals surface area (Å²) < 4.78 is 35.9. The number of rotatable bonds is 7. The van der Waals surface area contributed by atoms with Gasteiger partial charge in [-0.3, -0.25) is 9.78 Å². The number of urea groups is 1. The molecule has 2 heterocycles. The Bertz CT molecular complexity index is 1350. The zero-order valence-electron chi connectivity index (χ0n) is 19.9. The third kappa shape index (κ3) is 4.60. The maximum absolute atomic E-state index is 13.4. The minimum atomic E-state index is -3.69. The Morgan fingerprint density at radius 1 is 1.03 bits per heavy atom. The fourth-order valence-electron chi connectivity index (χ4n) is 4.49. The molecule has 36 heavy (non-hydrogen) atoms. The molecule has 0 atom stereocenters. The monoisotopic (exact) mass is 493 g/mol. The average Bonchev–Trinajstić information content (AvgIpc) is 3.61. The molecule has 1 aliphatic heterocycles. The first kappa shape index (κ1) is 23.7. The third-order valence-electron chi connectivity index (χ3n) is 6.61. The largest absolute Gasteiger partial charge is 0.586 e. The van der Waals surface area contributed by atoms with E-state index in [0.29, 0.717) is 30.6 Å². The van der Waals surface area contributed by atoms with Gasteiger partial charge in [0.1, 0.15) is 5.78 Å². The summed E-state index contributed by atoms with van der Waals surface area (Å²) in [5.41, 5.74) is 4.08. The molecule has 2 aliphatic rings. The molecule has 0 spiro atoms. The first-order chi connectivity index (χ1) is 17.2. The van der Waals surface area contributed by atoms with E-state index in [2.05, 4.69) is 20.1 Å². The predicted molar refractivity (Wildman–Crippen MR) is 128 cm³/mol. The molecule has 2 aromatic carbocycles. The summed E-state index contributed by atoms with van der Waals surface area (Å²) in [6, 6.07) is 15.8. The maximum Gasteiger partial charge on any atom is 0.586 e. The van der Waals surface area contributed by atoms with Crippen molar-refractivity contribution in [1.29, 1.82) is 0 Å². The summed E-state index contributed by atoms with van der Waals surface area (Å²) in [5.74, 6) is -0.110. The standard InChI is InChI=1S/C27H25F2N3O4/c1-16-6-8-20(32-24(16)18-5-3-4-17(12-18)15-31-25(34)30-2)14-23(33)26(10-11-26)19-7-9-21-22(13-19)36-27(28,29)35-21/h3-9,12-13H,10-11,14-15H2,1-2H3,(H2,30,31,34). The van der Waals surface area contributed by atoms with Crippen molar-refractivity contribution in [1.82, 2.24) is 15.6 Å². The number of nitrogens with one attached hydrogen (secondary N) is 2. The van der Waals surface area contributed by atoms with E-state index in [9.17, 15) is 18.4 Å². The second-order valence-corrected chi connectivity index (χ2v) is 9.11. The molecule has 0 radical (unpaired) electrons. The van der Waals surface area contributed by atoms with E-state index in [1.807, 2.05) is 43.3 Å². The Morgan fingerprint density at radius 2 is 1.81 bits per heavy atom. The highest BCUT2D eigenvalue weighted by molar-refractivity contribution is 5.94. The van der Waals surface area contributed by atoms with Gasteiger partial charge in [0.2, 0.25) is 0 Å². The van der Waals surface area contributed by atoms with E-state index in [4.69, 9.17) is 4.98 Å². The van der Waals surface area contributed by atoms with Gasteiger partial charge in [-0.2, -0.15) is 0 Å². The molecule has 2 N–H and O–H groups in total. The first-order valence-corrected chi connectivity index (χ1v) is 11.6. The number of alkyl halides is 2. The quantitative estimate of drug-likeness (QED) is 0.500. The summed E-state index contributed by atoms with van der Waals surface area (Å²) in [7, 11) is 1.56. The molecular formula is C27H25F2N3O4. The number of hydrogen-bond acceptors (Lipinski definition) is 5. The summed E-state index contributed by atoms with van der Waals surface area (Å²) in [5, 5.41) is 5.29. The van der Waals surface area contributed by atoms with Crippen molar-refractivity contribution >= 4 is 11.8 Å². The highest BCUT2D eigenvalue weighted by atomic mass is 19.3. The van der Waals surface area contributed by atoms with Gasteiger partial charge in [0, 0.05) is 31.3 Å². The fraction of sp³-hybridized carbons (Fsp3) is 0.296. The van der Waals surface area contributed by atoms with E-state index in [-0.39, 0.29) is 29.7 Å². The number of ketones is 1. The highest BCUT2D eigenvalue weighted by Crippen LogP contribution is 2.52. The van der Waals surface area contributed by atoms with E-state index < -0.39 is 11.7 Å². The second kappa shape index (κ2) is 8.89. The number of benzene rings is 2. The van der Waals surface area contributed by atoms with Gasteiger partial charge in [-0.05, 0) is 60.7 Å². The van der Waals surface area contributed by atoms with Crippen LogP contribution in [0.2, 0.25) is 0 Å². The Balaban J connectivity index is 1.35. The molecule has 0 saturated heterocycles. The van der Waals surface area contributed by atoms with Gasteiger partial charge >= 0.3 is 12.3 Å². The van der Waals surface area contributed by atoms with Crippen molar-refractivity contribution in [3.8, 4) is 22.8 Å². The van der Waals surface area contributed by atoms with Gasteiger partial charge < -0.3 is 20.1 Å². The lowest BCUT2D eigenvalue weighted by molar-refractivity contribution is -0.286. The molecule has 1 aromatic heterocycles. The lowest BCUT2D eigenvalue weighted by Crippen LogP contribution is -2.32. The van der Waals surface area contributed by atoms with Crippen LogP contribution in [0.25, 0.3) is 11.3 Å². The second-order valence-electron chi connectivity index (χ2n) is 9.11. The SMILES string of the molecule is CNC(=O)NCc1cccc(-c2nc(CC(=O)C3(c4ccc5c(c4)OC(F)(F)O5)CC3)ccc2C)c1. The molecule has 3 aromatic rings. The maximum atomic E-state index is 13.4. The molecule has 5 rings (SSSR count). The minimum absolute atomic E-state index is 0.0149. The molecule has 0 unspecified atom stereocenters. The van der Waals surface area contributed by atoms with Crippen LogP contribution in [0.5, 0.6) is 11.5 Å². The van der Waals surface area contributed by atoms with Crippen molar-refractivity contribution in [2.75, 3.05) is 7.05 Å². The summed E-state index contributed by atoms with van der Waals surface area (Å²) in [4.78, 5) is 29.7. The van der Waals surface area contributed by atoms with Crippen LogP contribution in [-0.2, 0) is 23.2 Å². The van der Waals surface area contributed by atoms with Crippen LogP contribution in [0.4, 0.5) is 13.6 Å². The Hall–Kier alpha value is -4.01. The number of aromatic nitrogens is 1. The van der Waals surface area contributed by atoms with Crippen molar-refractivity contribution in [3.05, 3.63) is 77.0 Å². The molecule has 9 heteroatoms. The highest BCUT2D eigenvalue weighted by Gasteiger charge is 2.52. The number of fused-ring (bicyclic) bond motifs is 1. The number of amides is 2. The van der Waals surface area contributed by atoms with Crippen LogP contribution in [0.15, 0.2) is 54.6 Å². The van der Waals surface area contributed by atoms with Gasteiger partial charge in [0.25, 0.3) is 0 Å². The van der Waals surface area contributed by atoms with Gasteiger partial charge in [0.15, 0.2) is 11.5 Å². The van der Waals surface area contributed by atoms with Crippen LogP contribution in [0.3, 0.4) is 0 Å². The number of carbonyl (C=O) groups is 2. The Labute approximate surface area is 206 Å². The van der Waals surface area contributed by atoms with E-state index >= 15 is 0 Å². The number of Topliss-reactive ketones (excluding diaryl/α,β-unsaturated/α-hetero) is 1. The number of halogens is 2. The lowest BCUT2D eigenvalue weighted by atomic mass is 9.88. The van der Waals surface area contributed by atoms with Crippen molar-refractivity contribution in [2.24, 2.45) is 0 Å². The molecule has 186 valence electrons. The predicted octanol–water partition coefficient (Wildman–Crippen LogP) is 4.65. The van der Waals surface area contributed by atoms with E-state index in [0.717, 1.165) is 22.4 Å². The van der Waals surface area contributed by atoms with Crippen LogP contribution in [0, 0.1) is 6.92 Å². The number of hydrogen-bond donors (Lipinski definition) is 2. The van der Waals surface area contributed by atoms with Crippen LogP contribution in [-0.4, -0.2) is 30.1 Å². The van der Waals surface area contributed by atoms with Gasteiger partial charge in [-0.1, -0.05) is 30.3 Å². The normalized spacial score (nSPS) is 16.3. The zero-order valence-corrected chi connectivity index (χ0v) is 19.9. The molecule has 1 aliphatic carbocycles. The van der Waals surface area contributed by atoms with Crippen LogP contribution >= 0.6 is 0 Å². The van der Waals surface area contributed by atoms with Gasteiger partial charge in [0.05, 0.1) is 11.1 Å². The molecule has 1 saturated carbocycles. The smallest absolute Gasteiger partial charge is 0.395 e. The van der Waals surface area contributed by atoms with Crippen molar-refractivity contribution < 1.29 is 27.8 Å². The molecular weight excluding hydrogens is 468 g/mol. The van der Waals surface area contributed by atoms with Crippen molar-refractivity contribution in [2.45, 2.75) is 44.4 Å². The minimum Gasteiger partial charge on any atom is -0.395 e. The van der Waals surface area contributed by atoms with Gasteiger partial charge in [-0.15, -0.1) is 8.78 Å². The number of nitrogens with zero attached hydrogens (tertiary/aromatic N) is 1. The fourth-order valence-corrected chi connectivity index (χ4v) is 4.49. The third-order valence-corrected chi connectivity index (χ3v) is 6.61. The molecule has 2 amide bonds.